The Morgan fingerprint density at radius 1 is 0.311 bits per heavy atom. The molecule has 0 heterocycles. The molecule has 0 rings (SSSR count). The summed E-state index contributed by atoms with van der Waals surface area (Å²) in [4.78, 5) is 73.2. The van der Waals surface area contributed by atoms with Gasteiger partial charge >= 0.3 is 39.5 Å². The fourth-order valence-electron chi connectivity index (χ4n) is 13.0. The Kier molecular flexibility index (Phi) is 76.0. The Balaban J connectivity index is 5.27. The molecule has 106 heavy (non-hydrogen) atoms. The van der Waals surface area contributed by atoms with Gasteiger partial charge in [0.05, 0.1) is 26.4 Å². The van der Waals surface area contributed by atoms with Crippen molar-refractivity contribution in [2.24, 2.45) is 11.8 Å². The third-order valence-electron chi connectivity index (χ3n) is 20.2. The average molecular weight is 1550 g/mol. The maximum absolute atomic E-state index is 13.2. The van der Waals surface area contributed by atoms with E-state index in [1.165, 1.54) is 244 Å². The number of phosphoric ester groups is 2. The maximum Gasteiger partial charge on any atom is 0.472 e. The Bertz CT molecular complexity index is 2130. The molecule has 0 aliphatic carbocycles. The van der Waals surface area contributed by atoms with E-state index in [1.807, 2.05) is 0 Å². The molecule has 0 fully saturated rings. The van der Waals surface area contributed by atoms with E-state index >= 15 is 0 Å². The summed E-state index contributed by atoms with van der Waals surface area (Å²) in [6.45, 7) is 9.63. The first-order valence-electron chi connectivity index (χ1n) is 44.3. The molecule has 0 saturated carbocycles. The number of unbranched alkanes of at least 4 members (excludes halogenated alkanes) is 50. The van der Waals surface area contributed by atoms with Crippen molar-refractivity contribution < 1.29 is 80.2 Å². The Morgan fingerprint density at radius 3 is 0.849 bits per heavy atom. The van der Waals surface area contributed by atoms with E-state index in [0.717, 1.165) is 115 Å². The summed E-state index contributed by atoms with van der Waals surface area (Å²) >= 11 is 0. The van der Waals surface area contributed by atoms with Gasteiger partial charge in [-0.25, -0.2) is 9.13 Å². The van der Waals surface area contributed by atoms with Crippen molar-refractivity contribution in [1.29, 1.82) is 0 Å². The second-order valence-electron chi connectivity index (χ2n) is 31.3. The summed E-state index contributed by atoms with van der Waals surface area (Å²) in [5.41, 5.74) is 0. The van der Waals surface area contributed by atoms with Crippen molar-refractivity contribution in [2.75, 3.05) is 39.6 Å². The number of hydrogen-bond acceptors (Lipinski definition) is 15. The molecule has 0 amide bonds. The number of carbonyl (C=O) groups is 4. The molecule has 0 saturated heterocycles. The summed E-state index contributed by atoms with van der Waals surface area (Å²) in [5, 5.41) is 10.7. The predicted octanol–water partition coefficient (Wildman–Crippen LogP) is 26.2. The van der Waals surface area contributed by atoms with Gasteiger partial charge in [-0.3, -0.25) is 37.3 Å². The molecule has 0 bridgehead atoms. The minimum absolute atomic E-state index is 0.0849. The summed E-state index contributed by atoms with van der Waals surface area (Å²) in [5.74, 6) is -0.561. The van der Waals surface area contributed by atoms with Gasteiger partial charge in [0.1, 0.15) is 19.3 Å². The number of aliphatic hydroxyl groups is 1. The van der Waals surface area contributed by atoms with Gasteiger partial charge in [0.2, 0.25) is 0 Å². The Labute approximate surface area is 650 Å². The van der Waals surface area contributed by atoms with Crippen molar-refractivity contribution in [2.45, 2.75) is 458 Å². The van der Waals surface area contributed by atoms with Gasteiger partial charge < -0.3 is 33.8 Å². The zero-order valence-electron chi connectivity index (χ0n) is 69.2. The lowest BCUT2D eigenvalue weighted by molar-refractivity contribution is -0.161. The van der Waals surface area contributed by atoms with E-state index in [9.17, 15) is 43.2 Å². The molecule has 626 valence electrons. The zero-order chi connectivity index (χ0) is 77.8. The fourth-order valence-corrected chi connectivity index (χ4v) is 14.6. The standard InChI is InChI=1S/C87H166O17P2/c1-7-10-12-14-16-18-20-22-24-25-26-27-28-29-30-32-38-42-46-54-60-66-72-86(91)103-82(75-97-84(89)69-63-57-51-44-40-36-34-33-35-39-43-49-55-61-67-79(4)5)77-101-105(93,94)99-73-81(88)74-100-106(95,96)102-78-83(76-98-85(90)70-64-58-52-48-47-50-56-62-68-80(6)9-3)104-87(92)71-65-59-53-45-41-37-31-23-21-19-17-15-13-11-8-2/h19,21,23,31,79-83,88H,7-18,20,22,24-30,32-78H2,1-6H3,(H,93,94)(H,95,96)/b21-19-,31-23-/t80?,81-,82-,83-/m1/s1. The monoisotopic (exact) mass is 1550 g/mol. The van der Waals surface area contributed by atoms with Crippen LogP contribution in [0.3, 0.4) is 0 Å². The highest BCUT2D eigenvalue weighted by atomic mass is 31.2. The highest BCUT2D eigenvalue weighted by molar-refractivity contribution is 7.47. The third kappa shape index (κ3) is 78.2. The number of phosphoric acid groups is 2. The fraction of sp³-hybridized carbons (Fsp3) is 0.908. The number of aliphatic hydroxyl groups excluding tert-OH is 1. The molecule has 3 unspecified atom stereocenters. The number of carbonyl (C=O) groups excluding carboxylic acids is 4. The van der Waals surface area contributed by atoms with Crippen molar-refractivity contribution >= 4 is 39.5 Å². The molecular weight excluding hydrogens is 1380 g/mol. The predicted molar refractivity (Wildman–Crippen MR) is 437 cm³/mol. The van der Waals surface area contributed by atoms with Crippen LogP contribution >= 0.6 is 15.6 Å². The van der Waals surface area contributed by atoms with Gasteiger partial charge in [-0.05, 0) is 63.2 Å². The van der Waals surface area contributed by atoms with E-state index in [4.69, 9.17) is 37.0 Å². The van der Waals surface area contributed by atoms with E-state index in [1.54, 1.807) is 0 Å². The number of rotatable bonds is 84. The second-order valence-corrected chi connectivity index (χ2v) is 34.2. The minimum atomic E-state index is -4.97. The normalized spacial score (nSPS) is 14.2. The van der Waals surface area contributed by atoms with E-state index in [2.05, 4.69) is 65.8 Å². The van der Waals surface area contributed by atoms with Crippen molar-refractivity contribution in [3.8, 4) is 0 Å². The molecule has 0 aliphatic rings. The van der Waals surface area contributed by atoms with Crippen LogP contribution < -0.4 is 0 Å². The second kappa shape index (κ2) is 77.8. The molecule has 0 aromatic carbocycles. The molecular formula is C87H166O17P2. The SMILES string of the molecule is CCCCCC/C=C\C=C/CCCCCCCC(=O)O[C@H](COC(=O)CCCCCCCCCCC(C)CC)COP(=O)(O)OC[C@H](O)COP(=O)(O)OC[C@@H](COC(=O)CCCCCCCCCCCCCCCCC(C)C)OC(=O)CCCCCCCCCCCCCCCCCCCCCCCC. The number of allylic oxidation sites excluding steroid dienone is 4. The van der Waals surface area contributed by atoms with Crippen LogP contribution in [-0.2, 0) is 65.4 Å². The van der Waals surface area contributed by atoms with Crippen LogP contribution in [-0.4, -0.2) is 96.7 Å². The molecule has 0 radical (unpaired) electrons. The lowest BCUT2D eigenvalue weighted by Crippen LogP contribution is -2.30. The van der Waals surface area contributed by atoms with Crippen LogP contribution in [0.4, 0.5) is 0 Å². The molecule has 0 aliphatic heterocycles. The summed E-state index contributed by atoms with van der Waals surface area (Å²) in [7, 11) is -9.94. The van der Waals surface area contributed by atoms with Crippen LogP contribution in [0.1, 0.15) is 440 Å². The van der Waals surface area contributed by atoms with Gasteiger partial charge in [-0.1, -0.05) is 387 Å². The van der Waals surface area contributed by atoms with Gasteiger partial charge in [-0.15, -0.1) is 0 Å². The minimum Gasteiger partial charge on any atom is -0.462 e. The summed E-state index contributed by atoms with van der Waals surface area (Å²) < 4.78 is 68.9. The number of esters is 4. The lowest BCUT2D eigenvalue weighted by atomic mass is 9.99. The number of hydrogen-bond donors (Lipinski definition) is 3. The highest BCUT2D eigenvalue weighted by Crippen LogP contribution is 2.45. The van der Waals surface area contributed by atoms with E-state index < -0.39 is 97.5 Å². The molecule has 17 nitrogen and oxygen atoms in total. The van der Waals surface area contributed by atoms with Gasteiger partial charge in [-0.2, -0.15) is 0 Å². The van der Waals surface area contributed by atoms with Crippen LogP contribution in [0.5, 0.6) is 0 Å². The van der Waals surface area contributed by atoms with Crippen molar-refractivity contribution in [1.82, 2.24) is 0 Å². The zero-order valence-corrected chi connectivity index (χ0v) is 71.0. The van der Waals surface area contributed by atoms with Crippen LogP contribution in [0, 0.1) is 11.8 Å². The average Bonchev–Trinajstić information content (AvgIpc) is 0.900. The Hall–Kier alpha value is -2.46. The van der Waals surface area contributed by atoms with Gasteiger partial charge in [0.25, 0.3) is 0 Å². The highest BCUT2D eigenvalue weighted by Gasteiger charge is 2.30. The maximum atomic E-state index is 13.2. The van der Waals surface area contributed by atoms with E-state index in [-0.39, 0.29) is 25.7 Å². The van der Waals surface area contributed by atoms with E-state index in [0.29, 0.717) is 25.7 Å². The Morgan fingerprint density at radius 2 is 0.557 bits per heavy atom. The summed E-state index contributed by atoms with van der Waals surface area (Å²) in [6.07, 6.45) is 73.0. The molecule has 3 N–H and O–H groups in total. The first kappa shape index (κ1) is 104. The first-order valence-corrected chi connectivity index (χ1v) is 47.3. The summed E-state index contributed by atoms with van der Waals surface area (Å²) in [6, 6.07) is 0. The molecule has 0 spiro atoms. The smallest absolute Gasteiger partial charge is 0.462 e. The molecule has 19 heteroatoms. The molecule has 0 aromatic rings. The third-order valence-corrected chi connectivity index (χ3v) is 22.1. The largest absolute Gasteiger partial charge is 0.472 e. The quantitative estimate of drug-likeness (QED) is 0.0169. The van der Waals surface area contributed by atoms with Crippen molar-refractivity contribution in [3.05, 3.63) is 24.3 Å². The molecule has 0 aromatic heterocycles. The van der Waals surface area contributed by atoms with Crippen LogP contribution in [0.15, 0.2) is 24.3 Å². The van der Waals surface area contributed by atoms with Crippen molar-refractivity contribution in [3.63, 3.8) is 0 Å². The molecule has 6 atom stereocenters. The van der Waals surface area contributed by atoms with Crippen LogP contribution in [0.25, 0.3) is 0 Å². The first-order chi connectivity index (χ1) is 51.4. The number of ether oxygens (including phenoxy) is 4. The lowest BCUT2D eigenvalue weighted by Gasteiger charge is -2.21. The topological polar surface area (TPSA) is 237 Å². The van der Waals surface area contributed by atoms with Crippen LogP contribution in [0.2, 0.25) is 0 Å². The van der Waals surface area contributed by atoms with Gasteiger partial charge in [0.15, 0.2) is 12.2 Å². The van der Waals surface area contributed by atoms with Gasteiger partial charge in [0, 0.05) is 25.7 Å².